The topological polar surface area (TPSA) is 70.4 Å². The third-order valence-corrected chi connectivity index (χ3v) is 5.47. The lowest BCUT2D eigenvalue weighted by Crippen LogP contribution is -2.38. The Balaban J connectivity index is 1.52. The van der Waals surface area contributed by atoms with Crippen LogP contribution in [0.2, 0.25) is 0 Å². The lowest BCUT2D eigenvalue weighted by Gasteiger charge is -2.32. The molecule has 2 aliphatic rings. The maximum atomic E-state index is 12.1. The van der Waals surface area contributed by atoms with Crippen LogP contribution >= 0.6 is 0 Å². The predicted molar refractivity (Wildman–Crippen MR) is 103 cm³/mol. The quantitative estimate of drug-likeness (QED) is 0.740. The number of nitrogens with two attached hydrogens (primary N) is 1. The van der Waals surface area contributed by atoms with Crippen molar-refractivity contribution in [1.29, 1.82) is 0 Å². The molecule has 5 heteroatoms. The molecule has 138 valence electrons. The molecule has 5 nitrogen and oxygen atoms in total. The molecular formula is C20H32N4O. The summed E-state index contributed by atoms with van der Waals surface area (Å²) in [4.78, 5) is 14.1. The number of hydrogen-bond donors (Lipinski definition) is 3. The van der Waals surface area contributed by atoms with E-state index in [1.54, 1.807) is 0 Å². The Bertz CT molecular complexity index is 548. The molecule has 0 radical (unpaired) electrons. The van der Waals surface area contributed by atoms with E-state index in [1.807, 2.05) is 4.90 Å². The molecule has 2 saturated heterocycles. The van der Waals surface area contributed by atoms with Crippen molar-refractivity contribution in [1.82, 2.24) is 10.2 Å². The molecule has 25 heavy (non-hydrogen) atoms. The van der Waals surface area contributed by atoms with E-state index in [2.05, 4.69) is 34.9 Å². The molecule has 0 saturated carbocycles. The van der Waals surface area contributed by atoms with Gasteiger partial charge in [-0.3, -0.25) is 4.79 Å². The molecule has 4 N–H and O–H groups in total. The fourth-order valence-electron chi connectivity index (χ4n) is 3.97. The first-order chi connectivity index (χ1) is 12.3. The number of anilines is 1. The molecule has 1 unspecified atom stereocenters. The van der Waals surface area contributed by atoms with Crippen LogP contribution in [0.1, 0.15) is 50.0 Å². The first-order valence-corrected chi connectivity index (χ1v) is 9.81. The minimum atomic E-state index is 0.268. The molecule has 0 aromatic heterocycles. The summed E-state index contributed by atoms with van der Waals surface area (Å²) in [5.74, 6) is 0.828. The van der Waals surface area contributed by atoms with Crippen molar-refractivity contribution in [3.05, 3.63) is 29.8 Å². The third kappa shape index (κ3) is 5.19. The van der Waals surface area contributed by atoms with Gasteiger partial charge in [-0.15, -0.1) is 0 Å². The molecule has 3 rings (SSSR count). The lowest BCUT2D eigenvalue weighted by atomic mass is 9.89. The molecule has 1 amide bonds. The molecule has 2 fully saturated rings. The Morgan fingerprint density at radius 2 is 2.12 bits per heavy atom. The molecule has 1 aromatic carbocycles. The van der Waals surface area contributed by atoms with Crippen molar-refractivity contribution in [2.45, 2.75) is 50.5 Å². The van der Waals surface area contributed by atoms with Gasteiger partial charge in [-0.25, -0.2) is 0 Å². The van der Waals surface area contributed by atoms with Crippen LogP contribution in [-0.4, -0.2) is 49.6 Å². The number of piperidine rings is 2. The standard InChI is InChI=1S/C20H32N4O/c21-10-2-7-20(25)24-12-8-16(9-13-24)17-4-1-5-18(14-17)23-19-6-3-11-22-15-19/h1,4-5,14,16,19,22-23H,2-3,6-13,15,21H2. The van der Waals surface area contributed by atoms with Crippen LogP contribution in [0.15, 0.2) is 24.3 Å². The molecule has 1 aromatic rings. The van der Waals surface area contributed by atoms with Gasteiger partial charge in [0.2, 0.25) is 5.91 Å². The van der Waals surface area contributed by atoms with Gasteiger partial charge >= 0.3 is 0 Å². The molecule has 0 spiro atoms. The average molecular weight is 345 g/mol. The van der Waals surface area contributed by atoms with Crippen LogP contribution < -0.4 is 16.4 Å². The van der Waals surface area contributed by atoms with E-state index in [1.165, 1.54) is 24.1 Å². The van der Waals surface area contributed by atoms with E-state index in [9.17, 15) is 4.79 Å². The number of hydrogen-bond acceptors (Lipinski definition) is 4. The number of carbonyl (C=O) groups is 1. The van der Waals surface area contributed by atoms with Gasteiger partial charge in [-0.05, 0) is 68.8 Å². The molecule has 2 aliphatic heterocycles. The number of carbonyl (C=O) groups excluding carboxylic acids is 1. The van der Waals surface area contributed by atoms with E-state index < -0.39 is 0 Å². The highest BCUT2D eigenvalue weighted by Crippen LogP contribution is 2.30. The number of nitrogens with one attached hydrogen (secondary N) is 2. The molecule has 0 aliphatic carbocycles. The Labute approximate surface area is 151 Å². The highest BCUT2D eigenvalue weighted by molar-refractivity contribution is 5.76. The van der Waals surface area contributed by atoms with Gasteiger partial charge in [0.25, 0.3) is 0 Å². The van der Waals surface area contributed by atoms with E-state index >= 15 is 0 Å². The Morgan fingerprint density at radius 1 is 1.28 bits per heavy atom. The van der Waals surface area contributed by atoms with Crippen LogP contribution in [0, 0.1) is 0 Å². The fraction of sp³-hybridized carbons (Fsp3) is 0.650. The SMILES string of the molecule is NCCCC(=O)N1CCC(c2cccc(NC3CCCNC3)c2)CC1. The van der Waals surface area contributed by atoms with Crippen LogP contribution in [0.3, 0.4) is 0 Å². The first kappa shape index (κ1) is 18.2. The van der Waals surface area contributed by atoms with Gasteiger partial charge in [-0.2, -0.15) is 0 Å². The smallest absolute Gasteiger partial charge is 0.222 e. The largest absolute Gasteiger partial charge is 0.381 e. The van der Waals surface area contributed by atoms with Gasteiger partial charge in [0.1, 0.15) is 0 Å². The number of benzene rings is 1. The fourth-order valence-corrected chi connectivity index (χ4v) is 3.97. The molecule has 0 bridgehead atoms. The average Bonchev–Trinajstić information content (AvgIpc) is 2.67. The summed E-state index contributed by atoms with van der Waals surface area (Å²) in [6.07, 6.45) is 5.98. The maximum Gasteiger partial charge on any atom is 0.222 e. The summed E-state index contributed by atoms with van der Waals surface area (Å²) < 4.78 is 0. The highest BCUT2D eigenvalue weighted by Gasteiger charge is 2.23. The summed E-state index contributed by atoms with van der Waals surface area (Å²) >= 11 is 0. The zero-order valence-electron chi connectivity index (χ0n) is 15.2. The van der Waals surface area contributed by atoms with Crippen LogP contribution in [0.25, 0.3) is 0 Å². The Morgan fingerprint density at radius 3 is 2.84 bits per heavy atom. The van der Waals surface area contributed by atoms with E-state index in [0.717, 1.165) is 45.4 Å². The molecule has 2 heterocycles. The Hall–Kier alpha value is -1.59. The van der Waals surface area contributed by atoms with Crippen molar-refractivity contribution in [3.8, 4) is 0 Å². The monoisotopic (exact) mass is 344 g/mol. The first-order valence-electron chi connectivity index (χ1n) is 9.81. The summed E-state index contributed by atoms with van der Waals surface area (Å²) in [5, 5.41) is 7.13. The minimum Gasteiger partial charge on any atom is -0.381 e. The molecular weight excluding hydrogens is 312 g/mol. The summed E-state index contributed by atoms with van der Waals surface area (Å²) in [6.45, 7) is 4.53. The van der Waals surface area contributed by atoms with Crippen molar-refractivity contribution in [2.75, 3.05) is 38.0 Å². The molecule has 1 atom stereocenters. The van der Waals surface area contributed by atoms with Gasteiger partial charge in [-0.1, -0.05) is 12.1 Å². The summed E-state index contributed by atoms with van der Waals surface area (Å²) in [6, 6.07) is 9.41. The highest BCUT2D eigenvalue weighted by atomic mass is 16.2. The number of likely N-dealkylation sites (tertiary alicyclic amines) is 1. The Kier molecular flexibility index (Phi) is 6.70. The second-order valence-corrected chi connectivity index (χ2v) is 7.36. The van der Waals surface area contributed by atoms with Gasteiger partial charge < -0.3 is 21.3 Å². The van der Waals surface area contributed by atoms with Crippen LogP contribution in [0.4, 0.5) is 5.69 Å². The van der Waals surface area contributed by atoms with E-state index in [-0.39, 0.29) is 5.91 Å². The predicted octanol–water partition coefficient (Wildman–Crippen LogP) is 2.30. The zero-order chi connectivity index (χ0) is 17.5. The summed E-state index contributed by atoms with van der Waals surface area (Å²) in [7, 11) is 0. The second-order valence-electron chi connectivity index (χ2n) is 7.36. The van der Waals surface area contributed by atoms with Gasteiger partial charge in [0.15, 0.2) is 0 Å². The van der Waals surface area contributed by atoms with E-state index in [4.69, 9.17) is 5.73 Å². The number of nitrogens with zero attached hydrogens (tertiary/aromatic N) is 1. The van der Waals surface area contributed by atoms with Gasteiger partial charge in [0.05, 0.1) is 0 Å². The van der Waals surface area contributed by atoms with E-state index in [0.29, 0.717) is 24.9 Å². The van der Waals surface area contributed by atoms with Gasteiger partial charge in [0, 0.05) is 37.8 Å². The number of rotatable bonds is 6. The summed E-state index contributed by atoms with van der Waals surface area (Å²) in [5.41, 5.74) is 8.14. The van der Waals surface area contributed by atoms with Crippen LogP contribution in [0.5, 0.6) is 0 Å². The maximum absolute atomic E-state index is 12.1. The lowest BCUT2D eigenvalue weighted by molar-refractivity contribution is -0.132. The zero-order valence-corrected chi connectivity index (χ0v) is 15.2. The van der Waals surface area contributed by atoms with Crippen molar-refractivity contribution < 1.29 is 4.79 Å². The normalized spacial score (nSPS) is 22.0. The minimum absolute atomic E-state index is 0.268. The van der Waals surface area contributed by atoms with Crippen molar-refractivity contribution in [2.24, 2.45) is 5.73 Å². The van der Waals surface area contributed by atoms with Crippen molar-refractivity contribution in [3.63, 3.8) is 0 Å². The van der Waals surface area contributed by atoms with Crippen LogP contribution in [-0.2, 0) is 4.79 Å². The second kappa shape index (κ2) is 9.20. The third-order valence-electron chi connectivity index (χ3n) is 5.47. The van der Waals surface area contributed by atoms with Crippen molar-refractivity contribution >= 4 is 11.6 Å². The number of amides is 1.